The number of allylic oxidation sites excluding steroid dienone is 5. The standard InChI is InChI=1S/C30H37ClN4O3.C3H6/c1-19(36)28-29(32-22-15-14-21(31)16-22)23-17-25(26(38-30(2,3)4)18-24(23)34-35-28)33-27(37)13-7-5-6-10-20-11-8-9-12-20;1-3-2/h7,13-15,17-18,20H,5-6,8-12,16H2,1-4H3,(H,32,34)(H,33,37);3H,1H2,2H3/b13-7+;. The summed E-state index contributed by atoms with van der Waals surface area (Å²) in [5.41, 5.74) is 2.10. The third-order valence-electron chi connectivity index (χ3n) is 6.71. The maximum atomic E-state index is 12.9. The van der Waals surface area contributed by atoms with Crippen molar-refractivity contribution >= 4 is 45.6 Å². The number of nitrogens with zero attached hydrogens (tertiary/aromatic N) is 2. The van der Waals surface area contributed by atoms with Crippen LogP contribution in [0.3, 0.4) is 0 Å². The van der Waals surface area contributed by atoms with E-state index in [-0.39, 0.29) is 17.4 Å². The van der Waals surface area contributed by atoms with Gasteiger partial charge < -0.3 is 15.4 Å². The zero-order chi connectivity index (χ0) is 30.0. The lowest BCUT2D eigenvalue weighted by Crippen LogP contribution is -2.24. The molecule has 7 nitrogen and oxygen atoms in total. The molecule has 1 amide bonds. The van der Waals surface area contributed by atoms with Crippen molar-refractivity contribution in [1.82, 2.24) is 10.2 Å². The molecule has 2 aliphatic carbocycles. The summed E-state index contributed by atoms with van der Waals surface area (Å²) in [5.74, 6) is 0.876. The van der Waals surface area contributed by atoms with E-state index >= 15 is 0 Å². The lowest BCUT2D eigenvalue weighted by molar-refractivity contribution is -0.112. The van der Waals surface area contributed by atoms with Gasteiger partial charge >= 0.3 is 0 Å². The van der Waals surface area contributed by atoms with Crippen LogP contribution in [0.5, 0.6) is 5.75 Å². The Labute approximate surface area is 249 Å². The van der Waals surface area contributed by atoms with Gasteiger partial charge in [0.25, 0.3) is 0 Å². The number of carbonyl (C=O) groups is 2. The number of aromatic nitrogens is 2. The second kappa shape index (κ2) is 15.0. The number of hydrogen-bond donors (Lipinski definition) is 2. The molecule has 0 atom stereocenters. The number of ether oxygens (including phenoxy) is 1. The fourth-order valence-electron chi connectivity index (χ4n) is 4.94. The molecule has 220 valence electrons. The number of amides is 1. The van der Waals surface area contributed by atoms with Crippen LogP contribution in [0.25, 0.3) is 10.9 Å². The fraction of sp³-hybridized carbons (Fsp3) is 0.455. The summed E-state index contributed by atoms with van der Waals surface area (Å²) in [6, 6.07) is 3.54. The van der Waals surface area contributed by atoms with Crippen molar-refractivity contribution in [3.05, 3.63) is 65.5 Å². The van der Waals surface area contributed by atoms with Gasteiger partial charge in [-0.25, -0.2) is 0 Å². The molecule has 0 bridgehead atoms. The van der Waals surface area contributed by atoms with Gasteiger partial charge in [-0.15, -0.1) is 16.8 Å². The number of carbonyl (C=O) groups excluding carboxylic acids is 2. The molecule has 0 radical (unpaired) electrons. The van der Waals surface area contributed by atoms with E-state index in [0.29, 0.717) is 39.5 Å². The second-order valence-electron chi connectivity index (χ2n) is 11.5. The highest BCUT2D eigenvalue weighted by atomic mass is 35.5. The number of fused-ring (bicyclic) bond motifs is 1. The highest BCUT2D eigenvalue weighted by Gasteiger charge is 2.22. The average Bonchev–Trinajstić information content (AvgIpc) is 3.55. The predicted molar refractivity (Wildman–Crippen MR) is 170 cm³/mol. The number of unbranched alkanes of at least 4 members (excludes halogenated alkanes) is 1. The SMILES string of the molecule is C=CC.CC(=O)c1nnc2cc(OC(C)(C)C)c(NC(=O)/C=C/CCCC3CCCC3)cc2c1NC1=CC=C(Cl)C1. The molecule has 0 unspecified atom stereocenters. The highest BCUT2D eigenvalue weighted by Crippen LogP contribution is 2.37. The Morgan fingerprint density at radius 2 is 1.88 bits per heavy atom. The van der Waals surface area contributed by atoms with Crippen LogP contribution in [-0.4, -0.2) is 27.5 Å². The van der Waals surface area contributed by atoms with Crippen molar-refractivity contribution < 1.29 is 14.3 Å². The van der Waals surface area contributed by atoms with E-state index in [1.807, 2.05) is 45.9 Å². The maximum Gasteiger partial charge on any atom is 0.248 e. The largest absolute Gasteiger partial charge is 0.486 e. The molecule has 1 aromatic heterocycles. The van der Waals surface area contributed by atoms with E-state index in [9.17, 15) is 9.59 Å². The van der Waals surface area contributed by atoms with Crippen LogP contribution in [0.4, 0.5) is 11.4 Å². The molecule has 1 saturated carbocycles. The molecular weight excluding hydrogens is 536 g/mol. The smallest absolute Gasteiger partial charge is 0.248 e. The minimum atomic E-state index is -0.506. The first kappa shape index (κ1) is 32.1. The zero-order valence-electron chi connectivity index (χ0n) is 25.0. The Kier molecular flexibility index (Phi) is 11.7. The molecular formula is C33H43ClN4O3. The van der Waals surface area contributed by atoms with Gasteiger partial charge in [-0.1, -0.05) is 55.9 Å². The number of nitrogens with one attached hydrogen (secondary N) is 2. The first-order chi connectivity index (χ1) is 19.5. The first-order valence-electron chi connectivity index (χ1n) is 14.4. The Hall–Kier alpha value is -3.45. The van der Waals surface area contributed by atoms with Gasteiger partial charge in [0, 0.05) is 35.5 Å². The van der Waals surface area contributed by atoms with E-state index in [2.05, 4.69) is 27.4 Å². The van der Waals surface area contributed by atoms with Crippen molar-refractivity contribution in [3.63, 3.8) is 0 Å². The van der Waals surface area contributed by atoms with Crippen LogP contribution in [0, 0.1) is 5.92 Å². The van der Waals surface area contributed by atoms with E-state index in [0.717, 1.165) is 24.5 Å². The lowest BCUT2D eigenvalue weighted by atomic mass is 10.0. The average molecular weight is 579 g/mol. The van der Waals surface area contributed by atoms with E-state index in [1.165, 1.54) is 39.0 Å². The molecule has 4 rings (SSSR count). The van der Waals surface area contributed by atoms with Gasteiger partial charge in [-0.3, -0.25) is 9.59 Å². The van der Waals surface area contributed by atoms with Gasteiger partial charge in [0.05, 0.1) is 16.9 Å². The van der Waals surface area contributed by atoms with Gasteiger partial charge in [-0.2, -0.15) is 0 Å². The van der Waals surface area contributed by atoms with Crippen LogP contribution in [0.2, 0.25) is 0 Å². The summed E-state index contributed by atoms with van der Waals surface area (Å²) < 4.78 is 6.18. The number of halogens is 1. The summed E-state index contributed by atoms with van der Waals surface area (Å²) >= 11 is 6.16. The quantitative estimate of drug-likeness (QED) is 0.126. The van der Waals surface area contributed by atoms with E-state index in [1.54, 1.807) is 24.3 Å². The number of rotatable bonds is 10. The molecule has 1 aromatic carbocycles. The Bertz CT molecular complexity index is 1350. The lowest BCUT2D eigenvalue weighted by Gasteiger charge is -2.24. The highest BCUT2D eigenvalue weighted by molar-refractivity contribution is 6.30. The van der Waals surface area contributed by atoms with Gasteiger partial charge in [0.15, 0.2) is 11.5 Å². The van der Waals surface area contributed by atoms with Gasteiger partial charge in [0.1, 0.15) is 11.4 Å². The minimum Gasteiger partial charge on any atom is -0.486 e. The van der Waals surface area contributed by atoms with Crippen LogP contribution >= 0.6 is 11.6 Å². The van der Waals surface area contributed by atoms with Crippen molar-refractivity contribution in [2.24, 2.45) is 5.92 Å². The number of anilines is 2. The molecule has 2 N–H and O–H groups in total. The summed E-state index contributed by atoms with van der Waals surface area (Å²) in [7, 11) is 0. The second-order valence-corrected chi connectivity index (χ2v) is 12.0. The number of hydrogen-bond acceptors (Lipinski definition) is 6. The van der Waals surface area contributed by atoms with Crippen molar-refractivity contribution in [1.29, 1.82) is 0 Å². The van der Waals surface area contributed by atoms with Crippen molar-refractivity contribution in [3.8, 4) is 5.75 Å². The van der Waals surface area contributed by atoms with Crippen LogP contribution in [-0.2, 0) is 4.79 Å². The van der Waals surface area contributed by atoms with Gasteiger partial charge in [0.2, 0.25) is 5.91 Å². The van der Waals surface area contributed by atoms with E-state index in [4.69, 9.17) is 16.3 Å². The third-order valence-corrected chi connectivity index (χ3v) is 6.97. The monoisotopic (exact) mass is 578 g/mol. The zero-order valence-corrected chi connectivity index (χ0v) is 25.7. The number of ketones is 1. The molecule has 2 aromatic rings. The molecule has 41 heavy (non-hydrogen) atoms. The molecule has 0 saturated heterocycles. The summed E-state index contributed by atoms with van der Waals surface area (Å²) in [5, 5.41) is 16.1. The summed E-state index contributed by atoms with van der Waals surface area (Å²) in [4.78, 5) is 25.3. The third kappa shape index (κ3) is 9.85. The van der Waals surface area contributed by atoms with Crippen LogP contribution < -0.4 is 15.4 Å². The molecule has 0 spiro atoms. The molecule has 0 aliphatic heterocycles. The predicted octanol–water partition coefficient (Wildman–Crippen LogP) is 8.88. The maximum absolute atomic E-state index is 12.9. The molecule has 2 aliphatic rings. The van der Waals surface area contributed by atoms with E-state index < -0.39 is 5.60 Å². The molecule has 8 heteroatoms. The topological polar surface area (TPSA) is 93.2 Å². The first-order valence-corrected chi connectivity index (χ1v) is 14.8. The minimum absolute atomic E-state index is 0.213. The molecule has 1 fully saturated rings. The number of benzene rings is 1. The van der Waals surface area contributed by atoms with Crippen molar-refractivity contribution in [2.75, 3.05) is 10.6 Å². The summed E-state index contributed by atoms with van der Waals surface area (Å²) in [6.07, 6.45) is 18.1. The molecule has 1 heterocycles. The Morgan fingerprint density at radius 1 is 1.17 bits per heavy atom. The van der Waals surface area contributed by atoms with Crippen molar-refractivity contribution in [2.45, 2.75) is 91.6 Å². The van der Waals surface area contributed by atoms with Gasteiger partial charge in [-0.05, 0) is 70.7 Å². The normalized spacial score (nSPS) is 15.3. The van der Waals surface area contributed by atoms with Crippen LogP contribution in [0.15, 0.2) is 59.8 Å². The Balaban J connectivity index is 0.00000147. The van der Waals surface area contributed by atoms with Crippen LogP contribution in [0.1, 0.15) is 96.5 Å². The summed E-state index contributed by atoms with van der Waals surface area (Å²) in [6.45, 7) is 12.5. The Morgan fingerprint density at radius 3 is 2.49 bits per heavy atom. The number of Topliss-reactive ketones (excluding diaryl/α,β-unsaturated/α-hetero) is 1. The fourth-order valence-corrected chi connectivity index (χ4v) is 5.15.